The summed E-state index contributed by atoms with van der Waals surface area (Å²) >= 11 is 4.81. The number of phenolic OH excluding ortho intramolecular Hbond substituents is 1. The summed E-state index contributed by atoms with van der Waals surface area (Å²) in [6.45, 7) is 1.99. The summed E-state index contributed by atoms with van der Waals surface area (Å²) in [5.74, 6) is 0.420. The number of nitrogens with one attached hydrogen (secondary N) is 1. The Kier molecular flexibility index (Phi) is 5.09. The van der Waals surface area contributed by atoms with Crippen molar-refractivity contribution < 1.29 is 9.90 Å². The van der Waals surface area contributed by atoms with E-state index < -0.39 is 0 Å². The number of thioether (sulfide) groups is 1. The van der Waals surface area contributed by atoms with Gasteiger partial charge in [0.15, 0.2) is 0 Å². The molecular weight excluding hydrogens is 338 g/mol. The average Bonchev–Trinajstić information content (AvgIpc) is 2.40. The molecule has 0 aliphatic heterocycles. The van der Waals surface area contributed by atoms with E-state index >= 15 is 0 Å². The highest BCUT2D eigenvalue weighted by atomic mass is 79.9. The van der Waals surface area contributed by atoms with Gasteiger partial charge in [0.25, 0.3) is 0 Å². The molecule has 2 aromatic carbocycles. The minimum absolute atomic E-state index is 0.0807. The van der Waals surface area contributed by atoms with Crippen molar-refractivity contribution in [3.8, 4) is 5.75 Å². The molecule has 0 aromatic heterocycles. The van der Waals surface area contributed by atoms with Crippen LogP contribution in [0.2, 0.25) is 0 Å². The second kappa shape index (κ2) is 6.81. The van der Waals surface area contributed by atoms with E-state index in [1.165, 1.54) is 11.8 Å². The maximum atomic E-state index is 11.9. The first-order valence-corrected chi connectivity index (χ1v) is 7.80. The van der Waals surface area contributed by atoms with Crippen LogP contribution in [0.5, 0.6) is 5.75 Å². The maximum Gasteiger partial charge on any atom is 0.234 e. The number of hydrogen-bond donors (Lipinski definition) is 2. The van der Waals surface area contributed by atoms with Gasteiger partial charge in [-0.2, -0.15) is 0 Å². The largest absolute Gasteiger partial charge is 0.508 e. The Balaban J connectivity index is 1.92. The molecule has 0 heterocycles. The van der Waals surface area contributed by atoms with Gasteiger partial charge < -0.3 is 10.4 Å². The number of anilines is 1. The number of rotatable bonds is 4. The van der Waals surface area contributed by atoms with Gasteiger partial charge in [-0.25, -0.2) is 0 Å². The number of carbonyl (C=O) groups excluding carboxylic acids is 1. The molecule has 0 atom stereocenters. The zero-order valence-electron chi connectivity index (χ0n) is 10.9. The van der Waals surface area contributed by atoms with Gasteiger partial charge in [0.05, 0.1) is 11.4 Å². The van der Waals surface area contributed by atoms with E-state index in [1.807, 2.05) is 31.2 Å². The SMILES string of the molecule is Cc1ccc(NC(=O)CSc2cccc(O)c2)c(Br)c1. The maximum absolute atomic E-state index is 11.9. The number of phenols is 1. The molecule has 0 spiro atoms. The summed E-state index contributed by atoms with van der Waals surface area (Å²) in [6, 6.07) is 12.6. The van der Waals surface area contributed by atoms with Gasteiger partial charge in [-0.3, -0.25) is 4.79 Å². The van der Waals surface area contributed by atoms with Crippen LogP contribution in [-0.4, -0.2) is 16.8 Å². The normalized spacial score (nSPS) is 10.3. The van der Waals surface area contributed by atoms with Crippen molar-refractivity contribution >= 4 is 39.3 Å². The number of carbonyl (C=O) groups is 1. The monoisotopic (exact) mass is 351 g/mol. The average molecular weight is 352 g/mol. The van der Waals surface area contributed by atoms with Crippen LogP contribution < -0.4 is 5.32 Å². The quantitative estimate of drug-likeness (QED) is 0.811. The highest BCUT2D eigenvalue weighted by Crippen LogP contribution is 2.25. The van der Waals surface area contributed by atoms with E-state index in [-0.39, 0.29) is 11.7 Å². The molecule has 3 nitrogen and oxygen atoms in total. The highest BCUT2D eigenvalue weighted by Gasteiger charge is 2.06. The molecule has 2 aromatic rings. The van der Waals surface area contributed by atoms with Crippen molar-refractivity contribution in [2.75, 3.05) is 11.1 Å². The standard InChI is InChI=1S/C15H14BrNO2S/c1-10-5-6-14(13(16)7-10)17-15(19)9-20-12-4-2-3-11(18)8-12/h2-8,18H,9H2,1H3,(H,17,19). The Labute approximate surface area is 130 Å². The topological polar surface area (TPSA) is 49.3 Å². The lowest BCUT2D eigenvalue weighted by Crippen LogP contribution is -2.14. The van der Waals surface area contributed by atoms with Crippen LogP contribution in [-0.2, 0) is 4.79 Å². The summed E-state index contributed by atoms with van der Waals surface area (Å²) in [6.07, 6.45) is 0. The van der Waals surface area contributed by atoms with Crippen LogP contribution in [0.15, 0.2) is 51.8 Å². The van der Waals surface area contributed by atoms with Gasteiger partial charge >= 0.3 is 0 Å². The smallest absolute Gasteiger partial charge is 0.234 e. The third-order valence-corrected chi connectivity index (χ3v) is 4.24. The number of aromatic hydroxyl groups is 1. The van der Waals surface area contributed by atoms with E-state index in [0.29, 0.717) is 5.75 Å². The van der Waals surface area contributed by atoms with Gasteiger partial charge in [0.2, 0.25) is 5.91 Å². The molecular formula is C15H14BrNO2S. The first-order valence-electron chi connectivity index (χ1n) is 6.02. The van der Waals surface area contributed by atoms with Crippen molar-refractivity contribution in [2.24, 2.45) is 0 Å². The van der Waals surface area contributed by atoms with E-state index in [1.54, 1.807) is 18.2 Å². The van der Waals surface area contributed by atoms with Gasteiger partial charge in [0, 0.05) is 9.37 Å². The molecule has 2 rings (SSSR count). The van der Waals surface area contributed by atoms with Crippen molar-refractivity contribution in [1.82, 2.24) is 0 Å². The molecule has 0 radical (unpaired) electrons. The van der Waals surface area contributed by atoms with Crippen LogP contribution in [0.1, 0.15) is 5.56 Å². The fourth-order valence-electron chi connectivity index (χ4n) is 1.63. The number of halogens is 1. The molecule has 0 unspecified atom stereocenters. The van der Waals surface area contributed by atoms with Gasteiger partial charge in [-0.1, -0.05) is 12.1 Å². The Hall–Kier alpha value is -1.46. The van der Waals surface area contributed by atoms with E-state index in [2.05, 4.69) is 21.2 Å². The number of hydrogen-bond acceptors (Lipinski definition) is 3. The highest BCUT2D eigenvalue weighted by molar-refractivity contribution is 9.10. The van der Waals surface area contributed by atoms with Crippen LogP contribution in [0, 0.1) is 6.92 Å². The zero-order chi connectivity index (χ0) is 14.5. The van der Waals surface area contributed by atoms with Crippen LogP contribution in [0.3, 0.4) is 0 Å². The second-order valence-electron chi connectivity index (χ2n) is 4.32. The van der Waals surface area contributed by atoms with Crippen LogP contribution in [0.4, 0.5) is 5.69 Å². The lowest BCUT2D eigenvalue weighted by molar-refractivity contribution is -0.113. The summed E-state index contributed by atoms with van der Waals surface area (Å²) in [5, 5.41) is 12.2. The van der Waals surface area contributed by atoms with Crippen LogP contribution in [0.25, 0.3) is 0 Å². The summed E-state index contributed by atoms with van der Waals surface area (Å²) in [5.41, 5.74) is 1.89. The molecule has 0 saturated heterocycles. The summed E-state index contributed by atoms with van der Waals surface area (Å²) < 4.78 is 0.869. The van der Waals surface area contributed by atoms with Crippen LogP contribution >= 0.6 is 27.7 Å². The van der Waals surface area contributed by atoms with Gasteiger partial charge in [-0.05, 0) is 58.7 Å². The van der Waals surface area contributed by atoms with E-state index in [4.69, 9.17) is 0 Å². The van der Waals surface area contributed by atoms with Gasteiger partial charge in [0.1, 0.15) is 5.75 Å². The van der Waals surface area contributed by atoms with Gasteiger partial charge in [-0.15, -0.1) is 11.8 Å². The molecule has 0 fully saturated rings. The lowest BCUT2D eigenvalue weighted by atomic mass is 10.2. The molecule has 0 aliphatic rings. The number of aryl methyl sites for hydroxylation is 1. The Bertz CT molecular complexity index is 631. The van der Waals surface area contributed by atoms with E-state index in [9.17, 15) is 9.90 Å². The minimum atomic E-state index is -0.0807. The predicted octanol–water partition coefficient (Wildman–Crippen LogP) is 4.19. The fraction of sp³-hybridized carbons (Fsp3) is 0.133. The summed E-state index contributed by atoms with van der Waals surface area (Å²) in [7, 11) is 0. The molecule has 0 saturated carbocycles. The molecule has 2 N–H and O–H groups in total. The van der Waals surface area contributed by atoms with Crippen molar-refractivity contribution in [2.45, 2.75) is 11.8 Å². The lowest BCUT2D eigenvalue weighted by Gasteiger charge is -2.08. The Morgan fingerprint density at radius 2 is 2.10 bits per heavy atom. The Morgan fingerprint density at radius 1 is 1.30 bits per heavy atom. The van der Waals surface area contributed by atoms with Crippen molar-refractivity contribution in [1.29, 1.82) is 0 Å². The predicted molar refractivity (Wildman–Crippen MR) is 86.3 cm³/mol. The fourth-order valence-corrected chi connectivity index (χ4v) is 2.97. The third kappa shape index (κ3) is 4.28. The Morgan fingerprint density at radius 3 is 2.80 bits per heavy atom. The van der Waals surface area contributed by atoms with Crippen molar-refractivity contribution in [3.05, 3.63) is 52.5 Å². The number of amides is 1. The molecule has 0 bridgehead atoms. The number of benzene rings is 2. The second-order valence-corrected chi connectivity index (χ2v) is 6.22. The van der Waals surface area contributed by atoms with Crippen molar-refractivity contribution in [3.63, 3.8) is 0 Å². The zero-order valence-corrected chi connectivity index (χ0v) is 13.3. The summed E-state index contributed by atoms with van der Waals surface area (Å²) in [4.78, 5) is 12.8. The molecule has 1 amide bonds. The molecule has 5 heteroatoms. The first kappa shape index (κ1) is 14.9. The molecule has 20 heavy (non-hydrogen) atoms. The first-order chi connectivity index (χ1) is 9.54. The van der Waals surface area contributed by atoms with E-state index in [0.717, 1.165) is 20.6 Å². The molecule has 0 aliphatic carbocycles. The third-order valence-electron chi connectivity index (χ3n) is 2.59. The molecule has 104 valence electrons. The minimum Gasteiger partial charge on any atom is -0.508 e.